The van der Waals surface area contributed by atoms with Gasteiger partial charge in [-0.25, -0.2) is 4.98 Å². The van der Waals surface area contributed by atoms with Crippen molar-refractivity contribution in [1.29, 1.82) is 0 Å². The first-order chi connectivity index (χ1) is 31.8. The van der Waals surface area contributed by atoms with Gasteiger partial charge in [-0.1, -0.05) is 204 Å². The highest BCUT2D eigenvalue weighted by molar-refractivity contribution is 6.07. The van der Waals surface area contributed by atoms with Crippen LogP contribution in [0.25, 0.3) is 72.1 Å². The molecular formula is C62H65N3. The summed E-state index contributed by atoms with van der Waals surface area (Å²) in [5, 5.41) is 2.48. The molecule has 9 rings (SSSR count). The SMILES string of the molecule is CC/C=C(/C)c1ccccc1.CC/C=C(/N)c1ccccc1.CCCCc1c(-c2cc(-c3cccc(-c4cccc(CCC)c4)c3)ccc2C)c2ccccc2c2nc3ccccc3n12. The summed E-state index contributed by atoms with van der Waals surface area (Å²) < 4.78 is 2.44. The number of imidazole rings is 1. The van der Waals surface area contributed by atoms with Crippen molar-refractivity contribution in [3.05, 3.63) is 216 Å². The number of fused-ring (bicyclic) bond motifs is 5. The quantitative estimate of drug-likeness (QED) is 0.133. The number of aromatic nitrogens is 2. The van der Waals surface area contributed by atoms with Crippen molar-refractivity contribution in [1.82, 2.24) is 9.38 Å². The predicted molar refractivity (Wildman–Crippen MR) is 283 cm³/mol. The Bertz CT molecular complexity index is 2970. The molecule has 328 valence electrons. The standard InChI is InChI=1S/C41H38N2.C11H14.C10H13N/c1-4-6-21-39-40(34-18-7-8-19-35(34)41-42-37-20-9-10-22-38(37)43(39)41)36-27-33(24-23-28(36)3)32-17-12-16-31(26-32)30-15-11-14-29(25-30)13-5-2;1-3-7-10(2)11-8-5-4-6-9-11;1-2-6-10(11)9-7-4-3-5-8-9/h7-12,14-20,22-27H,4-6,13,21H2,1-3H3;4-9H,3H2,1-2H3;3-8H,2,11H2,1H3/b;10-7-;10-6+. The van der Waals surface area contributed by atoms with Crippen molar-refractivity contribution in [3.63, 3.8) is 0 Å². The van der Waals surface area contributed by atoms with Gasteiger partial charge >= 0.3 is 0 Å². The second-order valence-corrected chi connectivity index (χ2v) is 16.9. The molecule has 0 aliphatic rings. The van der Waals surface area contributed by atoms with Gasteiger partial charge in [0, 0.05) is 22.3 Å². The Kier molecular flexibility index (Phi) is 16.0. The molecule has 0 spiro atoms. The Morgan fingerprint density at radius 2 is 1.15 bits per heavy atom. The molecule has 0 saturated heterocycles. The van der Waals surface area contributed by atoms with Gasteiger partial charge in [0.15, 0.2) is 0 Å². The van der Waals surface area contributed by atoms with E-state index in [0.717, 1.165) is 67.4 Å². The van der Waals surface area contributed by atoms with Crippen LogP contribution in [0.15, 0.2) is 188 Å². The molecule has 0 amide bonds. The van der Waals surface area contributed by atoms with Crippen LogP contribution in [0, 0.1) is 6.92 Å². The summed E-state index contributed by atoms with van der Waals surface area (Å²) >= 11 is 0. The number of nitrogens with two attached hydrogens (primary N) is 1. The third-order valence-corrected chi connectivity index (χ3v) is 12.1. The topological polar surface area (TPSA) is 43.3 Å². The van der Waals surface area contributed by atoms with Crippen molar-refractivity contribution in [3.8, 4) is 33.4 Å². The molecule has 0 bridgehead atoms. The van der Waals surface area contributed by atoms with Gasteiger partial charge in [-0.2, -0.15) is 0 Å². The summed E-state index contributed by atoms with van der Waals surface area (Å²) in [7, 11) is 0. The maximum Gasteiger partial charge on any atom is 0.146 e. The molecule has 9 aromatic rings. The molecule has 0 radical (unpaired) electrons. The zero-order chi connectivity index (χ0) is 45.5. The molecule has 65 heavy (non-hydrogen) atoms. The monoisotopic (exact) mass is 852 g/mol. The summed E-state index contributed by atoms with van der Waals surface area (Å²) in [6.07, 6.45) is 11.9. The molecule has 2 heterocycles. The van der Waals surface area contributed by atoms with Gasteiger partial charge in [0.25, 0.3) is 0 Å². The first-order valence-corrected chi connectivity index (χ1v) is 23.7. The van der Waals surface area contributed by atoms with E-state index in [-0.39, 0.29) is 0 Å². The molecule has 0 aliphatic heterocycles. The second-order valence-electron chi connectivity index (χ2n) is 16.9. The fraction of sp³-hybridized carbons (Fsp3) is 0.210. The van der Waals surface area contributed by atoms with E-state index < -0.39 is 0 Å². The van der Waals surface area contributed by atoms with Crippen LogP contribution >= 0.6 is 0 Å². The molecule has 0 aliphatic carbocycles. The predicted octanol–water partition coefficient (Wildman–Crippen LogP) is 17.1. The van der Waals surface area contributed by atoms with E-state index in [1.165, 1.54) is 77.6 Å². The van der Waals surface area contributed by atoms with E-state index in [2.05, 4.69) is 192 Å². The number of unbranched alkanes of at least 4 members (excludes halogenated alkanes) is 1. The minimum absolute atomic E-state index is 0.869. The highest BCUT2D eigenvalue weighted by Crippen LogP contribution is 2.40. The highest BCUT2D eigenvalue weighted by atomic mass is 15.0. The van der Waals surface area contributed by atoms with E-state index in [1.54, 1.807) is 0 Å². The molecule has 0 saturated carbocycles. The lowest BCUT2D eigenvalue weighted by atomic mass is 9.89. The molecular weight excluding hydrogens is 787 g/mol. The summed E-state index contributed by atoms with van der Waals surface area (Å²) in [5.74, 6) is 0. The Labute approximate surface area is 388 Å². The van der Waals surface area contributed by atoms with Gasteiger partial charge in [-0.05, 0) is 131 Å². The second kappa shape index (κ2) is 22.6. The smallest absolute Gasteiger partial charge is 0.146 e. The molecule has 3 heteroatoms. The van der Waals surface area contributed by atoms with Gasteiger partial charge in [-0.15, -0.1) is 0 Å². The highest BCUT2D eigenvalue weighted by Gasteiger charge is 2.21. The van der Waals surface area contributed by atoms with E-state index in [9.17, 15) is 0 Å². The largest absolute Gasteiger partial charge is 0.399 e. The fourth-order valence-corrected chi connectivity index (χ4v) is 8.76. The van der Waals surface area contributed by atoms with Crippen LogP contribution in [0.2, 0.25) is 0 Å². The summed E-state index contributed by atoms with van der Waals surface area (Å²) in [6.45, 7) is 13.2. The maximum absolute atomic E-state index is 5.77. The van der Waals surface area contributed by atoms with E-state index >= 15 is 0 Å². The number of para-hydroxylation sites is 2. The number of rotatable bonds is 12. The number of allylic oxidation sites excluding steroid dienone is 3. The maximum atomic E-state index is 5.77. The van der Waals surface area contributed by atoms with Crippen LogP contribution in [0.4, 0.5) is 0 Å². The van der Waals surface area contributed by atoms with E-state index in [0.29, 0.717) is 0 Å². The Morgan fingerprint density at radius 3 is 1.83 bits per heavy atom. The van der Waals surface area contributed by atoms with E-state index in [4.69, 9.17) is 10.7 Å². The van der Waals surface area contributed by atoms with Crippen molar-refractivity contribution in [2.45, 2.75) is 86.5 Å². The number of hydrogen-bond acceptors (Lipinski definition) is 2. The molecule has 0 unspecified atom stereocenters. The van der Waals surface area contributed by atoms with Crippen LogP contribution in [0.1, 0.15) is 94.7 Å². The zero-order valence-electron chi connectivity index (χ0n) is 39.3. The third-order valence-electron chi connectivity index (χ3n) is 12.1. The first kappa shape index (κ1) is 46.0. The van der Waals surface area contributed by atoms with Crippen molar-refractivity contribution < 1.29 is 0 Å². The van der Waals surface area contributed by atoms with Gasteiger partial charge in [0.05, 0.1) is 11.0 Å². The van der Waals surface area contributed by atoms with Gasteiger partial charge in [0.2, 0.25) is 0 Å². The zero-order valence-corrected chi connectivity index (χ0v) is 39.3. The number of aryl methyl sites for hydroxylation is 3. The molecule has 2 aromatic heterocycles. The number of benzene rings is 7. The molecule has 3 nitrogen and oxygen atoms in total. The van der Waals surface area contributed by atoms with Gasteiger partial charge < -0.3 is 5.73 Å². The van der Waals surface area contributed by atoms with Crippen LogP contribution < -0.4 is 5.73 Å². The lowest BCUT2D eigenvalue weighted by Gasteiger charge is -2.19. The van der Waals surface area contributed by atoms with Crippen LogP contribution in [-0.2, 0) is 12.8 Å². The Balaban J connectivity index is 0.000000234. The van der Waals surface area contributed by atoms with Crippen LogP contribution in [0.5, 0.6) is 0 Å². The summed E-state index contributed by atoms with van der Waals surface area (Å²) in [6, 6.07) is 62.9. The number of pyridine rings is 1. The summed E-state index contributed by atoms with van der Waals surface area (Å²) in [5.41, 5.74) is 25.4. The molecule has 0 fully saturated rings. The number of hydrogen-bond donors (Lipinski definition) is 1. The Hall–Kier alpha value is -6.97. The number of nitrogens with zero attached hydrogens (tertiary/aromatic N) is 2. The van der Waals surface area contributed by atoms with Gasteiger partial charge in [0.1, 0.15) is 5.65 Å². The van der Waals surface area contributed by atoms with Crippen LogP contribution in [-0.4, -0.2) is 9.38 Å². The van der Waals surface area contributed by atoms with Gasteiger partial charge in [-0.3, -0.25) is 4.40 Å². The average molecular weight is 852 g/mol. The molecule has 7 aromatic carbocycles. The average Bonchev–Trinajstić information content (AvgIpc) is 3.75. The minimum atomic E-state index is 0.869. The minimum Gasteiger partial charge on any atom is -0.399 e. The lowest BCUT2D eigenvalue weighted by Crippen LogP contribution is -2.04. The first-order valence-electron chi connectivity index (χ1n) is 23.7. The Morgan fingerprint density at radius 1 is 0.554 bits per heavy atom. The molecule has 2 N–H and O–H groups in total. The summed E-state index contributed by atoms with van der Waals surface area (Å²) in [4.78, 5) is 5.15. The fourth-order valence-electron chi connectivity index (χ4n) is 8.76. The lowest BCUT2D eigenvalue weighted by molar-refractivity contribution is 0.773. The van der Waals surface area contributed by atoms with Crippen molar-refractivity contribution in [2.75, 3.05) is 0 Å². The van der Waals surface area contributed by atoms with Crippen LogP contribution in [0.3, 0.4) is 0 Å². The molecule has 0 atom stereocenters. The van der Waals surface area contributed by atoms with E-state index in [1.807, 2.05) is 42.5 Å². The third kappa shape index (κ3) is 11.0. The normalized spacial score (nSPS) is 11.6. The van der Waals surface area contributed by atoms with Crippen molar-refractivity contribution >= 4 is 38.7 Å². The van der Waals surface area contributed by atoms with Crippen molar-refractivity contribution in [2.24, 2.45) is 5.73 Å².